The summed E-state index contributed by atoms with van der Waals surface area (Å²) in [4.78, 5) is 15.1. The van der Waals surface area contributed by atoms with E-state index in [0.29, 0.717) is 32.6 Å². The molecular weight excluding hydrogens is 360 g/mol. The van der Waals surface area contributed by atoms with E-state index in [1.807, 2.05) is 67.6 Å². The Morgan fingerprint density at radius 3 is 1.81 bits per heavy atom. The summed E-state index contributed by atoms with van der Waals surface area (Å²) < 4.78 is 26.0. The number of carbonyl (C=O) groups excluding carboxylic acids is 1. The first-order valence-electron chi connectivity index (χ1n) is 9.39. The smallest absolute Gasteiger partial charge is 0.234 e. The van der Waals surface area contributed by atoms with Crippen LogP contribution in [0.5, 0.6) is 0 Å². The van der Waals surface area contributed by atoms with Crippen molar-refractivity contribution in [2.45, 2.75) is 19.3 Å². The number of piperazine rings is 1. The number of carbonyl (C=O) groups is 1. The molecule has 0 N–H and O–H groups in total. The maximum absolute atomic E-state index is 13.3. The van der Waals surface area contributed by atoms with Crippen LogP contribution in [-0.2, 0) is 14.8 Å². The van der Waals surface area contributed by atoms with E-state index in [-0.39, 0.29) is 17.6 Å². The minimum absolute atomic E-state index is 0.0277. The number of amides is 1. The molecule has 0 aromatic heterocycles. The van der Waals surface area contributed by atoms with Gasteiger partial charge in [-0.1, -0.05) is 67.6 Å². The molecule has 0 spiro atoms. The highest BCUT2D eigenvalue weighted by atomic mass is 32.2. The number of nitrogens with zero attached hydrogens (tertiary/aromatic N) is 2. The largest absolute Gasteiger partial charge is 0.339 e. The van der Waals surface area contributed by atoms with Crippen LogP contribution < -0.4 is 0 Å². The quantitative estimate of drug-likeness (QED) is 0.767. The van der Waals surface area contributed by atoms with E-state index in [1.54, 1.807) is 4.90 Å². The van der Waals surface area contributed by atoms with Gasteiger partial charge in [0.2, 0.25) is 15.9 Å². The molecule has 1 amide bonds. The monoisotopic (exact) mass is 386 g/mol. The normalized spacial score (nSPS) is 15.9. The van der Waals surface area contributed by atoms with E-state index in [4.69, 9.17) is 0 Å². The van der Waals surface area contributed by atoms with Crippen molar-refractivity contribution in [3.8, 4) is 0 Å². The molecule has 5 nitrogen and oxygen atoms in total. The van der Waals surface area contributed by atoms with Crippen LogP contribution in [0.1, 0.15) is 30.4 Å². The molecule has 2 aromatic carbocycles. The van der Waals surface area contributed by atoms with Gasteiger partial charge in [-0.15, -0.1) is 0 Å². The van der Waals surface area contributed by atoms with Gasteiger partial charge in [0.15, 0.2) is 0 Å². The maximum atomic E-state index is 13.3. The summed E-state index contributed by atoms with van der Waals surface area (Å²) >= 11 is 0. The van der Waals surface area contributed by atoms with Crippen molar-refractivity contribution in [1.82, 2.24) is 9.21 Å². The van der Waals surface area contributed by atoms with E-state index < -0.39 is 10.0 Å². The number of hydrogen-bond acceptors (Lipinski definition) is 3. The predicted octanol–water partition coefficient (Wildman–Crippen LogP) is 2.70. The highest BCUT2D eigenvalue weighted by molar-refractivity contribution is 7.89. The van der Waals surface area contributed by atoms with Gasteiger partial charge in [0.25, 0.3) is 0 Å². The van der Waals surface area contributed by atoms with Gasteiger partial charge in [-0.2, -0.15) is 4.31 Å². The van der Waals surface area contributed by atoms with Gasteiger partial charge in [0, 0.05) is 26.2 Å². The van der Waals surface area contributed by atoms with Gasteiger partial charge >= 0.3 is 0 Å². The van der Waals surface area contributed by atoms with Crippen LogP contribution in [0.25, 0.3) is 0 Å². The van der Waals surface area contributed by atoms with Crippen molar-refractivity contribution in [2.24, 2.45) is 0 Å². The third kappa shape index (κ3) is 4.57. The van der Waals surface area contributed by atoms with Crippen molar-refractivity contribution in [2.75, 3.05) is 31.9 Å². The standard InChI is InChI=1S/C21H26N2O3S/c1-2-17-27(25,26)23-15-13-22(14-16-23)21(24)20(18-9-5-3-6-10-18)19-11-7-4-8-12-19/h3-12,20H,2,13-17H2,1H3. The van der Waals surface area contributed by atoms with Gasteiger partial charge in [0.05, 0.1) is 11.7 Å². The molecule has 0 aliphatic carbocycles. The second-order valence-electron chi connectivity index (χ2n) is 6.79. The molecule has 2 aromatic rings. The number of benzene rings is 2. The van der Waals surface area contributed by atoms with Gasteiger partial charge in [-0.05, 0) is 17.5 Å². The average molecular weight is 387 g/mol. The zero-order valence-electron chi connectivity index (χ0n) is 15.6. The lowest BCUT2D eigenvalue weighted by atomic mass is 9.90. The molecule has 0 unspecified atom stereocenters. The Morgan fingerprint density at radius 2 is 1.37 bits per heavy atom. The van der Waals surface area contributed by atoms with E-state index >= 15 is 0 Å². The minimum atomic E-state index is -3.21. The summed E-state index contributed by atoms with van der Waals surface area (Å²) in [6.07, 6.45) is 0.603. The van der Waals surface area contributed by atoms with E-state index in [0.717, 1.165) is 11.1 Å². The first-order valence-corrected chi connectivity index (χ1v) is 11.0. The fraction of sp³-hybridized carbons (Fsp3) is 0.381. The second-order valence-corrected chi connectivity index (χ2v) is 8.88. The summed E-state index contributed by atoms with van der Waals surface area (Å²) in [6, 6.07) is 19.5. The van der Waals surface area contributed by atoms with Crippen molar-refractivity contribution < 1.29 is 13.2 Å². The summed E-state index contributed by atoms with van der Waals surface area (Å²) in [7, 11) is -3.21. The van der Waals surface area contributed by atoms with Gasteiger partial charge in [-0.3, -0.25) is 4.79 Å². The van der Waals surface area contributed by atoms with Crippen molar-refractivity contribution in [3.63, 3.8) is 0 Å². The third-order valence-corrected chi connectivity index (χ3v) is 6.99. The summed E-state index contributed by atoms with van der Waals surface area (Å²) in [5.74, 6) is -0.177. The molecule has 6 heteroatoms. The molecule has 1 aliphatic rings. The Labute approximate surface area is 161 Å². The lowest BCUT2D eigenvalue weighted by Gasteiger charge is -2.36. The lowest BCUT2D eigenvalue weighted by Crippen LogP contribution is -2.52. The zero-order chi connectivity index (χ0) is 19.3. The number of sulfonamides is 1. The Kier molecular flexibility index (Phi) is 6.29. The Hall–Kier alpha value is -2.18. The maximum Gasteiger partial charge on any atom is 0.234 e. The Bertz CT molecular complexity index is 806. The van der Waals surface area contributed by atoms with Crippen molar-refractivity contribution in [3.05, 3.63) is 71.8 Å². The van der Waals surface area contributed by atoms with Gasteiger partial charge in [0.1, 0.15) is 0 Å². The van der Waals surface area contributed by atoms with Crippen LogP contribution in [0, 0.1) is 0 Å². The van der Waals surface area contributed by atoms with E-state index in [2.05, 4.69) is 0 Å². The Morgan fingerprint density at radius 1 is 0.889 bits per heavy atom. The highest BCUT2D eigenvalue weighted by Crippen LogP contribution is 2.27. The molecule has 1 heterocycles. The number of hydrogen-bond donors (Lipinski definition) is 0. The van der Waals surface area contributed by atoms with Crippen molar-refractivity contribution in [1.29, 1.82) is 0 Å². The zero-order valence-corrected chi connectivity index (χ0v) is 16.4. The summed E-state index contributed by atoms with van der Waals surface area (Å²) in [6.45, 7) is 3.45. The Balaban J connectivity index is 1.78. The molecule has 1 fully saturated rings. The molecule has 1 saturated heterocycles. The second kappa shape index (κ2) is 8.67. The van der Waals surface area contributed by atoms with Gasteiger partial charge < -0.3 is 4.90 Å². The van der Waals surface area contributed by atoms with Crippen LogP contribution in [0.15, 0.2) is 60.7 Å². The van der Waals surface area contributed by atoms with E-state index in [1.165, 1.54) is 4.31 Å². The van der Waals surface area contributed by atoms with Gasteiger partial charge in [-0.25, -0.2) is 8.42 Å². The molecule has 144 valence electrons. The first kappa shape index (κ1) is 19.6. The number of rotatable bonds is 6. The van der Waals surface area contributed by atoms with E-state index in [9.17, 15) is 13.2 Å². The average Bonchev–Trinajstić information content (AvgIpc) is 2.70. The molecule has 0 saturated carbocycles. The lowest BCUT2D eigenvalue weighted by molar-refractivity contribution is -0.133. The van der Waals surface area contributed by atoms with Crippen LogP contribution >= 0.6 is 0 Å². The van der Waals surface area contributed by atoms with Crippen LogP contribution in [-0.4, -0.2) is 55.5 Å². The minimum Gasteiger partial charge on any atom is -0.339 e. The topological polar surface area (TPSA) is 57.7 Å². The molecule has 3 rings (SSSR count). The van der Waals surface area contributed by atoms with Crippen molar-refractivity contribution >= 4 is 15.9 Å². The predicted molar refractivity (Wildman–Crippen MR) is 107 cm³/mol. The summed E-state index contributed by atoms with van der Waals surface area (Å²) in [5, 5.41) is 0. The fourth-order valence-corrected chi connectivity index (χ4v) is 5.02. The molecule has 0 bridgehead atoms. The van der Waals surface area contributed by atoms with Crippen LogP contribution in [0.2, 0.25) is 0 Å². The SMILES string of the molecule is CCCS(=O)(=O)N1CCN(C(=O)C(c2ccccc2)c2ccccc2)CC1. The first-order chi connectivity index (χ1) is 13.0. The van der Waals surface area contributed by atoms with Crippen LogP contribution in [0.3, 0.4) is 0 Å². The molecule has 0 atom stereocenters. The molecular formula is C21H26N2O3S. The third-order valence-electron chi connectivity index (χ3n) is 4.92. The highest BCUT2D eigenvalue weighted by Gasteiger charge is 2.32. The molecule has 27 heavy (non-hydrogen) atoms. The summed E-state index contributed by atoms with van der Waals surface area (Å²) in [5.41, 5.74) is 1.91. The van der Waals surface area contributed by atoms with Crippen LogP contribution in [0.4, 0.5) is 0 Å². The molecule has 0 radical (unpaired) electrons. The fourth-order valence-electron chi connectivity index (χ4n) is 3.52. The molecule has 1 aliphatic heterocycles.